The number of aryl methyl sites for hydroxylation is 1. The van der Waals surface area contributed by atoms with Gasteiger partial charge in [-0.3, -0.25) is 0 Å². The molecule has 0 saturated carbocycles. The molecule has 0 saturated heterocycles. The minimum atomic E-state index is 0.275. The van der Waals surface area contributed by atoms with Gasteiger partial charge in [0.2, 0.25) is 0 Å². The van der Waals surface area contributed by atoms with Gasteiger partial charge >= 0.3 is 0 Å². The number of hydrogen-bond donors (Lipinski definition) is 0. The molecule has 0 aromatic heterocycles. The average Bonchev–Trinajstić information content (AvgIpc) is 2.15. The molecule has 0 aliphatic carbocycles. The Balaban J connectivity index is 2.99. The van der Waals surface area contributed by atoms with Crippen molar-refractivity contribution in [2.24, 2.45) is 5.92 Å². The summed E-state index contributed by atoms with van der Waals surface area (Å²) in [6.45, 7) is 8.15. The van der Waals surface area contributed by atoms with Crippen LogP contribution in [0.4, 0.5) is 0 Å². The van der Waals surface area contributed by atoms with Crippen molar-refractivity contribution in [3.8, 4) is 0 Å². The molecule has 1 aromatic rings. The van der Waals surface area contributed by atoms with Crippen LogP contribution in [-0.4, -0.2) is 5.78 Å². The predicted molar refractivity (Wildman–Crippen MR) is 64.1 cm³/mol. The Morgan fingerprint density at radius 1 is 1.27 bits per heavy atom. The lowest BCUT2D eigenvalue weighted by molar-refractivity contribution is -0.117. The Bertz CT molecular complexity index is 339. The van der Waals surface area contributed by atoms with E-state index in [1.807, 2.05) is 6.07 Å². The Labute approximate surface area is 92.5 Å². The normalized spacial score (nSPS) is 12.9. The first-order valence-corrected chi connectivity index (χ1v) is 5.57. The van der Waals surface area contributed by atoms with E-state index in [-0.39, 0.29) is 5.78 Å². The zero-order valence-corrected chi connectivity index (χ0v) is 10.1. The predicted octanol–water partition coefficient (Wildman–Crippen LogP) is 3.71. The van der Waals surface area contributed by atoms with E-state index in [1.165, 1.54) is 11.1 Å². The molecule has 1 aromatic carbocycles. The largest absolute Gasteiger partial charge is 0.300 e. The van der Waals surface area contributed by atoms with Crippen LogP contribution in [0.25, 0.3) is 0 Å². The smallest absolute Gasteiger partial charge is 0.130 e. The van der Waals surface area contributed by atoms with E-state index >= 15 is 0 Å². The van der Waals surface area contributed by atoms with Gasteiger partial charge in [-0.15, -0.1) is 0 Å². The van der Waals surface area contributed by atoms with Crippen LogP contribution in [0.2, 0.25) is 0 Å². The fourth-order valence-corrected chi connectivity index (χ4v) is 2.02. The first kappa shape index (κ1) is 12.0. The molecule has 0 bridgehead atoms. The van der Waals surface area contributed by atoms with Crippen molar-refractivity contribution in [3.63, 3.8) is 0 Å². The molecule has 0 amide bonds. The molecule has 82 valence electrons. The van der Waals surface area contributed by atoms with Crippen LogP contribution in [0, 0.1) is 12.8 Å². The number of rotatable bonds is 4. The highest BCUT2D eigenvalue weighted by molar-refractivity contribution is 5.76. The summed E-state index contributed by atoms with van der Waals surface area (Å²) in [5, 5.41) is 0. The topological polar surface area (TPSA) is 17.1 Å². The first-order chi connectivity index (χ1) is 7.02. The van der Waals surface area contributed by atoms with Crippen molar-refractivity contribution < 1.29 is 4.79 Å². The molecule has 0 aliphatic rings. The number of hydrogen-bond acceptors (Lipinski definition) is 1. The third-order valence-corrected chi connectivity index (χ3v) is 2.90. The Morgan fingerprint density at radius 2 is 1.87 bits per heavy atom. The second kappa shape index (κ2) is 5.11. The molecule has 0 unspecified atom stereocenters. The summed E-state index contributed by atoms with van der Waals surface area (Å²) >= 11 is 0. The third kappa shape index (κ3) is 3.19. The van der Waals surface area contributed by atoms with E-state index in [9.17, 15) is 4.79 Å². The van der Waals surface area contributed by atoms with Gasteiger partial charge in [0.1, 0.15) is 5.78 Å². The van der Waals surface area contributed by atoms with E-state index in [4.69, 9.17) is 0 Å². The van der Waals surface area contributed by atoms with Crippen LogP contribution in [0.15, 0.2) is 24.3 Å². The Kier molecular flexibility index (Phi) is 4.07. The van der Waals surface area contributed by atoms with Crippen LogP contribution in [0.5, 0.6) is 0 Å². The quantitative estimate of drug-likeness (QED) is 0.730. The van der Waals surface area contributed by atoms with Crippen molar-refractivity contribution in [1.82, 2.24) is 0 Å². The van der Waals surface area contributed by atoms with Crippen LogP contribution in [0.3, 0.4) is 0 Å². The summed E-state index contributed by atoms with van der Waals surface area (Å²) < 4.78 is 0. The second-order valence-electron chi connectivity index (χ2n) is 4.61. The molecule has 1 heteroatoms. The zero-order chi connectivity index (χ0) is 11.4. The van der Waals surface area contributed by atoms with Gasteiger partial charge in [-0.2, -0.15) is 0 Å². The van der Waals surface area contributed by atoms with Gasteiger partial charge in [0.05, 0.1) is 0 Å². The van der Waals surface area contributed by atoms with Crippen molar-refractivity contribution >= 4 is 5.78 Å². The van der Waals surface area contributed by atoms with Gasteiger partial charge in [0, 0.05) is 6.42 Å². The van der Waals surface area contributed by atoms with E-state index in [1.54, 1.807) is 6.92 Å². The lowest BCUT2D eigenvalue weighted by atomic mass is 9.83. The van der Waals surface area contributed by atoms with Gasteiger partial charge in [-0.1, -0.05) is 38.1 Å². The molecular weight excluding hydrogens is 184 g/mol. The van der Waals surface area contributed by atoms with Gasteiger partial charge < -0.3 is 4.79 Å². The maximum absolute atomic E-state index is 11.2. The SMILES string of the molecule is CC(=O)C[C@H](c1ccccc1C)C(C)C. The molecule has 15 heavy (non-hydrogen) atoms. The molecule has 1 rings (SSSR count). The summed E-state index contributed by atoms with van der Waals surface area (Å²) in [5.74, 6) is 1.15. The monoisotopic (exact) mass is 204 g/mol. The third-order valence-electron chi connectivity index (χ3n) is 2.90. The van der Waals surface area contributed by atoms with Crippen molar-refractivity contribution in [2.75, 3.05) is 0 Å². The molecule has 0 heterocycles. The summed E-state index contributed by atoms with van der Waals surface area (Å²) in [6, 6.07) is 8.36. The molecule has 1 nitrogen and oxygen atoms in total. The standard InChI is InChI=1S/C14H20O/c1-10(2)14(9-12(4)15)13-8-6-5-7-11(13)3/h5-8,10,14H,9H2,1-4H3/t14-/m0/s1. The van der Waals surface area contributed by atoms with Crippen LogP contribution in [-0.2, 0) is 4.79 Å². The highest BCUT2D eigenvalue weighted by Crippen LogP contribution is 2.30. The molecule has 0 N–H and O–H groups in total. The van der Waals surface area contributed by atoms with Crippen LogP contribution in [0.1, 0.15) is 44.2 Å². The van der Waals surface area contributed by atoms with Crippen molar-refractivity contribution in [1.29, 1.82) is 0 Å². The molecule has 0 aliphatic heterocycles. The molecule has 1 atom stereocenters. The van der Waals surface area contributed by atoms with Gasteiger partial charge in [0.15, 0.2) is 0 Å². The summed E-state index contributed by atoms with van der Waals surface area (Å²) in [4.78, 5) is 11.2. The van der Waals surface area contributed by atoms with E-state index < -0.39 is 0 Å². The second-order valence-corrected chi connectivity index (χ2v) is 4.61. The lowest BCUT2D eigenvalue weighted by Gasteiger charge is -2.21. The average molecular weight is 204 g/mol. The molecule has 0 fully saturated rings. The van der Waals surface area contributed by atoms with E-state index in [2.05, 4.69) is 39.0 Å². The fourth-order valence-electron chi connectivity index (χ4n) is 2.02. The first-order valence-electron chi connectivity index (χ1n) is 5.57. The summed E-state index contributed by atoms with van der Waals surface area (Å²) in [6.07, 6.45) is 0.655. The maximum Gasteiger partial charge on any atom is 0.130 e. The summed E-state index contributed by atoms with van der Waals surface area (Å²) in [7, 11) is 0. The highest BCUT2D eigenvalue weighted by atomic mass is 16.1. The van der Waals surface area contributed by atoms with Crippen molar-refractivity contribution in [3.05, 3.63) is 35.4 Å². The van der Waals surface area contributed by atoms with Gasteiger partial charge in [0.25, 0.3) is 0 Å². The van der Waals surface area contributed by atoms with Crippen molar-refractivity contribution in [2.45, 2.75) is 40.0 Å². The van der Waals surface area contributed by atoms with Gasteiger partial charge in [-0.05, 0) is 36.8 Å². The number of ketones is 1. The maximum atomic E-state index is 11.2. The van der Waals surface area contributed by atoms with E-state index in [0.717, 1.165) is 0 Å². The number of benzene rings is 1. The minimum absolute atomic E-state index is 0.275. The fraction of sp³-hybridized carbons (Fsp3) is 0.500. The van der Waals surface area contributed by atoms with Crippen LogP contribution < -0.4 is 0 Å². The Hall–Kier alpha value is -1.11. The lowest BCUT2D eigenvalue weighted by Crippen LogP contribution is -2.12. The van der Waals surface area contributed by atoms with Gasteiger partial charge in [-0.25, -0.2) is 0 Å². The number of carbonyl (C=O) groups excluding carboxylic acids is 1. The molecule has 0 spiro atoms. The zero-order valence-electron chi connectivity index (χ0n) is 10.1. The highest BCUT2D eigenvalue weighted by Gasteiger charge is 2.18. The van der Waals surface area contributed by atoms with E-state index in [0.29, 0.717) is 18.3 Å². The Morgan fingerprint density at radius 3 is 2.33 bits per heavy atom. The minimum Gasteiger partial charge on any atom is -0.300 e. The molecule has 0 radical (unpaired) electrons. The number of Topliss-reactive ketones (excluding diaryl/α,β-unsaturated/α-hetero) is 1. The number of carbonyl (C=O) groups is 1. The molecular formula is C14H20O. The van der Waals surface area contributed by atoms with Crippen LogP contribution >= 0.6 is 0 Å². The summed E-state index contributed by atoms with van der Waals surface area (Å²) in [5.41, 5.74) is 2.61.